The molecule has 1 aliphatic rings. The van der Waals surface area contributed by atoms with Crippen LogP contribution in [-0.2, 0) is 9.53 Å². The van der Waals surface area contributed by atoms with Gasteiger partial charge in [0.05, 0.1) is 6.54 Å². The van der Waals surface area contributed by atoms with Crippen LogP contribution in [0.25, 0.3) is 0 Å². The van der Waals surface area contributed by atoms with E-state index in [1.165, 1.54) is 12.0 Å². The van der Waals surface area contributed by atoms with Gasteiger partial charge in [-0.05, 0) is 6.42 Å². The summed E-state index contributed by atoms with van der Waals surface area (Å²) in [5.41, 5.74) is 0. The molecule has 0 aromatic heterocycles. The highest BCUT2D eigenvalue weighted by atomic mass is 19.4. The zero-order valence-electron chi connectivity index (χ0n) is 9.79. The Bertz CT molecular complexity index is 258. The molecular formula is C10H17F3N2O2. The lowest BCUT2D eigenvalue weighted by atomic mass is 10.3. The Morgan fingerprint density at radius 1 is 1.24 bits per heavy atom. The van der Waals surface area contributed by atoms with Crippen LogP contribution in [-0.4, -0.2) is 68.3 Å². The first kappa shape index (κ1) is 14.2. The fraction of sp³-hybridized carbons (Fsp3) is 0.900. The number of hydrogen-bond donors (Lipinski definition) is 0. The molecule has 0 aromatic rings. The molecule has 1 saturated heterocycles. The SMILES string of the molecule is COCC(=O)N1CCCN(CC(F)(F)F)CC1. The van der Waals surface area contributed by atoms with E-state index in [4.69, 9.17) is 4.74 Å². The highest BCUT2D eigenvalue weighted by Crippen LogP contribution is 2.17. The molecular weight excluding hydrogens is 237 g/mol. The van der Waals surface area contributed by atoms with Gasteiger partial charge in [0.2, 0.25) is 5.91 Å². The molecule has 17 heavy (non-hydrogen) atoms. The molecule has 1 heterocycles. The minimum Gasteiger partial charge on any atom is -0.375 e. The van der Waals surface area contributed by atoms with E-state index in [2.05, 4.69) is 0 Å². The van der Waals surface area contributed by atoms with Crippen molar-refractivity contribution in [3.05, 3.63) is 0 Å². The van der Waals surface area contributed by atoms with E-state index in [9.17, 15) is 18.0 Å². The van der Waals surface area contributed by atoms with Gasteiger partial charge in [-0.2, -0.15) is 13.2 Å². The summed E-state index contributed by atoms with van der Waals surface area (Å²) in [7, 11) is 1.42. The van der Waals surface area contributed by atoms with Crippen LogP contribution in [0, 0.1) is 0 Å². The van der Waals surface area contributed by atoms with Crippen LogP contribution in [0.5, 0.6) is 0 Å². The first-order chi connectivity index (χ1) is 7.92. The van der Waals surface area contributed by atoms with Gasteiger partial charge in [0, 0.05) is 33.3 Å². The van der Waals surface area contributed by atoms with E-state index in [-0.39, 0.29) is 19.1 Å². The molecule has 4 nitrogen and oxygen atoms in total. The Hall–Kier alpha value is -0.820. The third-order valence-electron chi connectivity index (χ3n) is 2.61. The number of amides is 1. The lowest BCUT2D eigenvalue weighted by molar-refractivity contribution is -0.145. The monoisotopic (exact) mass is 254 g/mol. The number of nitrogens with zero attached hydrogens (tertiary/aromatic N) is 2. The molecule has 0 aliphatic carbocycles. The van der Waals surface area contributed by atoms with Crippen molar-refractivity contribution in [2.75, 3.05) is 46.4 Å². The van der Waals surface area contributed by atoms with Crippen LogP contribution >= 0.6 is 0 Å². The summed E-state index contributed by atoms with van der Waals surface area (Å²) in [5.74, 6) is -0.165. The summed E-state index contributed by atoms with van der Waals surface area (Å²) < 4.78 is 41.3. The number of hydrogen-bond acceptors (Lipinski definition) is 3. The molecule has 7 heteroatoms. The quantitative estimate of drug-likeness (QED) is 0.744. The van der Waals surface area contributed by atoms with Crippen molar-refractivity contribution in [3.63, 3.8) is 0 Å². The van der Waals surface area contributed by atoms with Crippen molar-refractivity contribution in [3.8, 4) is 0 Å². The lowest BCUT2D eigenvalue weighted by Gasteiger charge is -2.22. The van der Waals surface area contributed by atoms with Crippen molar-refractivity contribution < 1.29 is 22.7 Å². The molecule has 0 N–H and O–H groups in total. The van der Waals surface area contributed by atoms with Crippen molar-refractivity contribution in [1.82, 2.24) is 9.80 Å². The molecule has 0 radical (unpaired) electrons. The highest BCUT2D eigenvalue weighted by molar-refractivity contribution is 5.77. The molecule has 100 valence electrons. The number of methoxy groups -OCH3 is 1. The van der Waals surface area contributed by atoms with Gasteiger partial charge in [-0.15, -0.1) is 0 Å². The maximum absolute atomic E-state index is 12.2. The fourth-order valence-corrected chi connectivity index (χ4v) is 1.85. The second-order valence-electron chi connectivity index (χ2n) is 4.06. The fourth-order valence-electron chi connectivity index (χ4n) is 1.85. The summed E-state index contributed by atoms with van der Waals surface area (Å²) in [6.45, 7) is 0.540. The van der Waals surface area contributed by atoms with E-state index < -0.39 is 12.7 Å². The van der Waals surface area contributed by atoms with E-state index in [0.29, 0.717) is 26.1 Å². The molecule has 1 fully saturated rings. The first-order valence-electron chi connectivity index (χ1n) is 5.48. The second kappa shape index (κ2) is 6.20. The lowest BCUT2D eigenvalue weighted by Crippen LogP contribution is -2.39. The van der Waals surface area contributed by atoms with Gasteiger partial charge in [-0.25, -0.2) is 0 Å². The highest BCUT2D eigenvalue weighted by Gasteiger charge is 2.31. The molecule has 0 saturated carbocycles. The molecule has 1 rings (SSSR count). The van der Waals surface area contributed by atoms with Crippen LogP contribution in [0.15, 0.2) is 0 Å². The Kier molecular flexibility index (Phi) is 5.20. The minimum atomic E-state index is -4.17. The zero-order chi connectivity index (χ0) is 12.9. The van der Waals surface area contributed by atoms with Crippen LogP contribution in [0.4, 0.5) is 13.2 Å². The molecule has 0 unspecified atom stereocenters. The van der Waals surface area contributed by atoms with Gasteiger partial charge < -0.3 is 9.64 Å². The normalized spacial score (nSPS) is 19.2. The third-order valence-corrected chi connectivity index (χ3v) is 2.61. The predicted octanol–water partition coefficient (Wildman–Crippen LogP) is 0.729. The summed E-state index contributed by atoms with van der Waals surface area (Å²) >= 11 is 0. The van der Waals surface area contributed by atoms with E-state index >= 15 is 0 Å². The third kappa shape index (κ3) is 5.36. The Morgan fingerprint density at radius 3 is 2.53 bits per heavy atom. The summed E-state index contributed by atoms with van der Waals surface area (Å²) in [4.78, 5) is 14.4. The standard InChI is InChI=1S/C10H17F3N2O2/c1-17-7-9(16)15-4-2-3-14(5-6-15)8-10(11,12)13/h2-8H2,1H3. The largest absolute Gasteiger partial charge is 0.401 e. The number of carbonyl (C=O) groups is 1. The maximum Gasteiger partial charge on any atom is 0.401 e. The molecule has 0 spiro atoms. The number of ether oxygens (including phenoxy) is 1. The van der Waals surface area contributed by atoms with Crippen molar-refractivity contribution in [2.45, 2.75) is 12.6 Å². The van der Waals surface area contributed by atoms with Crippen LogP contribution in [0.2, 0.25) is 0 Å². The summed E-state index contributed by atoms with van der Waals surface area (Å²) in [6.07, 6.45) is -3.61. The van der Waals surface area contributed by atoms with Gasteiger partial charge >= 0.3 is 6.18 Å². The average molecular weight is 254 g/mol. The number of halogens is 3. The maximum atomic E-state index is 12.2. The second-order valence-corrected chi connectivity index (χ2v) is 4.06. The topological polar surface area (TPSA) is 32.8 Å². The van der Waals surface area contributed by atoms with Gasteiger partial charge in [0.15, 0.2) is 0 Å². The van der Waals surface area contributed by atoms with E-state index in [1.807, 2.05) is 0 Å². The van der Waals surface area contributed by atoms with Crippen LogP contribution < -0.4 is 0 Å². The molecule has 0 atom stereocenters. The number of alkyl halides is 3. The Labute approximate surface area is 98.3 Å². The molecule has 0 bridgehead atoms. The van der Waals surface area contributed by atoms with E-state index in [0.717, 1.165) is 0 Å². The van der Waals surface area contributed by atoms with Gasteiger partial charge in [-0.1, -0.05) is 0 Å². The zero-order valence-corrected chi connectivity index (χ0v) is 9.79. The van der Waals surface area contributed by atoms with Crippen molar-refractivity contribution >= 4 is 5.91 Å². The van der Waals surface area contributed by atoms with Crippen LogP contribution in [0.1, 0.15) is 6.42 Å². The number of carbonyl (C=O) groups excluding carboxylic acids is 1. The smallest absolute Gasteiger partial charge is 0.375 e. The minimum absolute atomic E-state index is 0.0146. The van der Waals surface area contributed by atoms with Gasteiger partial charge in [0.1, 0.15) is 6.61 Å². The average Bonchev–Trinajstić information content (AvgIpc) is 2.41. The summed E-state index contributed by atoms with van der Waals surface area (Å²) in [6, 6.07) is 0. The van der Waals surface area contributed by atoms with E-state index in [1.54, 1.807) is 4.90 Å². The van der Waals surface area contributed by atoms with Crippen molar-refractivity contribution in [2.24, 2.45) is 0 Å². The Morgan fingerprint density at radius 2 is 1.94 bits per heavy atom. The first-order valence-corrected chi connectivity index (χ1v) is 5.48. The summed E-state index contributed by atoms with van der Waals surface area (Å²) in [5, 5.41) is 0. The van der Waals surface area contributed by atoms with Gasteiger partial charge in [-0.3, -0.25) is 9.69 Å². The van der Waals surface area contributed by atoms with Crippen LogP contribution in [0.3, 0.4) is 0 Å². The Balaban J connectivity index is 2.42. The molecule has 1 aliphatic heterocycles. The van der Waals surface area contributed by atoms with Crippen molar-refractivity contribution in [1.29, 1.82) is 0 Å². The predicted molar refractivity (Wildman–Crippen MR) is 55.6 cm³/mol. The molecule has 1 amide bonds. The number of rotatable bonds is 3. The molecule has 0 aromatic carbocycles. The van der Waals surface area contributed by atoms with Gasteiger partial charge in [0.25, 0.3) is 0 Å².